The Morgan fingerprint density at radius 2 is 1.00 bits per heavy atom. The number of rotatable bonds is 22. The molecule has 3 heteroatoms. The zero-order chi connectivity index (χ0) is 23.6. The number of carbonyl (C=O) groups is 1. The van der Waals surface area contributed by atoms with Gasteiger partial charge in [0.2, 0.25) is 0 Å². The van der Waals surface area contributed by atoms with Crippen molar-refractivity contribution in [2.75, 3.05) is 0 Å². The molecule has 0 aromatic rings. The van der Waals surface area contributed by atoms with E-state index in [4.69, 9.17) is 0 Å². The number of hydrogen-bond donors (Lipinski definition) is 0. The van der Waals surface area contributed by atoms with Crippen molar-refractivity contribution in [2.24, 2.45) is 11.8 Å². The SMILES string of the molecule is CCCCC(CC)[CH2][Sn+][CH2]C(CC)CCCC.CCCCCCCCCCCC(=O)[O-]. The van der Waals surface area contributed by atoms with Gasteiger partial charge in [0.15, 0.2) is 0 Å². The minimum absolute atomic E-state index is 0.0388. The standard InChI is InChI=1S/C12H24O2.2C8H17.Sn/c1-2-3-4-5-6-7-8-9-10-11-12(13)14;2*1-4-6-7-8(3)5-2;/h2-11H2,1H3,(H,13,14);2*8H,3-7H2,1-2H3;/q;;;+1/p-1. The van der Waals surface area contributed by atoms with Crippen LogP contribution in [-0.4, -0.2) is 27.1 Å². The van der Waals surface area contributed by atoms with E-state index in [2.05, 4.69) is 34.6 Å². The van der Waals surface area contributed by atoms with Crippen LogP contribution in [0.3, 0.4) is 0 Å². The smallest absolute Gasteiger partial charge is 0.0414 e. The Morgan fingerprint density at radius 3 is 1.35 bits per heavy atom. The van der Waals surface area contributed by atoms with Gasteiger partial charge in [0.05, 0.1) is 0 Å². The number of hydrogen-bond acceptors (Lipinski definition) is 2. The van der Waals surface area contributed by atoms with Gasteiger partial charge in [0.1, 0.15) is 0 Å². The van der Waals surface area contributed by atoms with Crippen molar-refractivity contribution in [3.05, 3.63) is 0 Å². The van der Waals surface area contributed by atoms with Crippen LogP contribution >= 0.6 is 0 Å². The van der Waals surface area contributed by atoms with Crippen LogP contribution in [0.5, 0.6) is 0 Å². The van der Waals surface area contributed by atoms with E-state index in [0.717, 1.165) is 24.7 Å². The summed E-state index contributed by atoms with van der Waals surface area (Å²) in [5.41, 5.74) is 0. The fourth-order valence-electron chi connectivity index (χ4n) is 3.96. The van der Waals surface area contributed by atoms with Crippen molar-refractivity contribution in [1.82, 2.24) is 0 Å². The van der Waals surface area contributed by atoms with Gasteiger partial charge in [-0.05, 0) is 12.8 Å². The maximum absolute atomic E-state index is 10.1. The Bertz CT molecular complexity index is 330. The molecule has 185 valence electrons. The van der Waals surface area contributed by atoms with Crippen LogP contribution in [0, 0.1) is 11.8 Å². The summed E-state index contributed by atoms with van der Waals surface area (Å²) >= 11 is -0.0388. The van der Waals surface area contributed by atoms with Crippen molar-refractivity contribution in [3.8, 4) is 0 Å². The molecule has 0 rings (SSSR count). The van der Waals surface area contributed by atoms with Crippen LogP contribution in [0.1, 0.15) is 150 Å². The number of carboxylic acids is 1. The van der Waals surface area contributed by atoms with Gasteiger partial charge in [-0.15, -0.1) is 0 Å². The van der Waals surface area contributed by atoms with E-state index in [1.807, 2.05) is 0 Å². The third-order valence-corrected chi connectivity index (χ3v) is 11.4. The minimum atomic E-state index is -0.909. The molecule has 0 aromatic carbocycles. The largest absolute Gasteiger partial charge is 0.550 e. The van der Waals surface area contributed by atoms with Crippen molar-refractivity contribution < 1.29 is 9.90 Å². The Balaban J connectivity index is 0. The normalized spacial score (nSPS) is 12.7. The van der Waals surface area contributed by atoms with Crippen LogP contribution in [-0.2, 0) is 4.79 Å². The second-order valence-electron chi connectivity index (χ2n) is 9.44. The average molecular weight is 544 g/mol. The van der Waals surface area contributed by atoms with Crippen LogP contribution in [0.25, 0.3) is 0 Å². The van der Waals surface area contributed by atoms with Crippen LogP contribution < -0.4 is 5.11 Å². The van der Waals surface area contributed by atoms with Gasteiger partial charge in [-0.25, -0.2) is 0 Å². The van der Waals surface area contributed by atoms with Crippen LogP contribution in [0.15, 0.2) is 0 Å². The molecule has 0 saturated heterocycles. The summed E-state index contributed by atoms with van der Waals surface area (Å²) < 4.78 is 3.31. The Hall–Kier alpha value is 0.269. The number of carboxylic acid groups (broad SMARTS) is 1. The topological polar surface area (TPSA) is 40.1 Å². The van der Waals surface area contributed by atoms with Gasteiger partial charge in [0, 0.05) is 5.97 Å². The molecule has 2 unspecified atom stereocenters. The van der Waals surface area contributed by atoms with E-state index in [9.17, 15) is 9.90 Å². The molecular formula is C28H57O2Sn. The first-order chi connectivity index (χ1) is 15.0. The van der Waals surface area contributed by atoms with Crippen molar-refractivity contribution in [3.63, 3.8) is 0 Å². The predicted molar refractivity (Wildman–Crippen MR) is 139 cm³/mol. The fourth-order valence-corrected chi connectivity index (χ4v) is 9.58. The molecule has 0 N–H and O–H groups in total. The van der Waals surface area contributed by atoms with Gasteiger partial charge >= 0.3 is 121 Å². The fraction of sp³-hybridized carbons (Fsp3) is 0.964. The third kappa shape index (κ3) is 28.2. The molecule has 0 aliphatic rings. The summed E-state index contributed by atoms with van der Waals surface area (Å²) in [6.07, 6.45) is 22.8. The minimum Gasteiger partial charge on any atom is -0.550 e. The van der Waals surface area contributed by atoms with Gasteiger partial charge in [-0.1, -0.05) is 58.3 Å². The Labute approximate surface area is 207 Å². The average Bonchev–Trinajstić information content (AvgIpc) is 2.77. The van der Waals surface area contributed by atoms with E-state index >= 15 is 0 Å². The molecule has 0 aliphatic carbocycles. The van der Waals surface area contributed by atoms with Crippen molar-refractivity contribution >= 4 is 27.1 Å². The Morgan fingerprint density at radius 1 is 0.613 bits per heavy atom. The van der Waals surface area contributed by atoms with E-state index in [1.54, 1.807) is 8.87 Å². The molecule has 0 heterocycles. The van der Waals surface area contributed by atoms with E-state index in [1.165, 1.54) is 96.3 Å². The summed E-state index contributed by atoms with van der Waals surface area (Å²) in [7, 11) is 0. The maximum atomic E-state index is 10.1. The first-order valence-electron chi connectivity index (χ1n) is 14.0. The molecule has 2 nitrogen and oxygen atoms in total. The molecule has 0 amide bonds. The number of unbranched alkanes of at least 4 members (excludes halogenated alkanes) is 10. The zero-order valence-electron chi connectivity index (χ0n) is 22.1. The molecule has 0 bridgehead atoms. The van der Waals surface area contributed by atoms with Gasteiger partial charge in [-0.3, -0.25) is 0 Å². The first-order valence-corrected chi connectivity index (χ1v) is 18.0. The summed E-state index contributed by atoms with van der Waals surface area (Å²) in [5, 5.41) is 10.1. The third-order valence-electron chi connectivity index (χ3n) is 6.44. The molecule has 31 heavy (non-hydrogen) atoms. The molecular weight excluding hydrogens is 487 g/mol. The monoisotopic (exact) mass is 545 g/mol. The van der Waals surface area contributed by atoms with Gasteiger partial charge in [0.25, 0.3) is 0 Å². The van der Waals surface area contributed by atoms with E-state index in [-0.39, 0.29) is 27.6 Å². The second-order valence-corrected chi connectivity index (χ2v) is 13.2. The van der Waals surface area contributed by atoms with E-state index < -0.39 is 5.97 Å². The number of carbonyl (C=O) groups excluding carboxylic acids is 1. The first kappa shape index (κ1) is 33.4. The van der Waals surface area contributed by atoms with Crippen LogP contribution in [0.2, 0.25) is 8.87 Å². The van der Waals surface area contributed by atoms with Crippen LogP contribution in [0.4, 0.5) is 0 Å². The molecule has 1 radical (unpaired) electrons. The molecule has 0 saturated carbocycles. The summed E-state index contributed by atoms with van der Waals surface area (Å²) in [4.78, 5) is 10.1. The maximum Gasteiger partial charge on any atom is 0.0414 e. The molecule has 0 fully saturated rings. The van der Waals surface area contributed by atoms with Crippen molar-refractivity contribution in [2.45, 2.75) is 159 Å². The second kappa shape index (κ2) is 28.3. The van der Waals surface area contributed by atoms with Gasteiger partial charge < -0.3 is 9.90 Å². The van der Waals surface area contributed by atoms with E-state index in [0.29, 0.717) is 0 Å². The predicted octanol–water partition coefficient (Wildman–Crippen LogP) is 8.62. The van der Waals surface area contributed by atoms with Gasteiger partial charge in [-0.2, -0.15) is 0 Å². The molecule has 0 aliphatic heterocycles. The Kier molecular flexibility index (Phi) is 30.5. The number of aliphatic carboxylic acids is 1. The summed E-state index contributed by atoms with van der Waals surface area (Å²) in [6.45, 7) is 11.7. The molecule has 0 aromatic heterocycles. The van der Waals surface area contributed by atoms with Crippen molar-refractivity contribution in [1.29, 1.82) is 0 Å². The quantitative estimate of drug-likeness (QED) is 0.101. The summed E-state index contributed by atoms with van der Waals surface area (Å²) in [5.74, 6) is 1.27. The zero-order valence-corrected chi connectivity index (χ0v) is 25.0. The summed E-state index contributed by atoms with van der Waals surface area (Å²) in [6, 6.07) is 0. The molecule has 0 spiro atoms. The molecule has 2 atom stereocenters.